The second kappa shape index (κ2) is 26.6. The number of phosphoric acid groups is 1. The van der Waals surface area contributed by atoms with Crippen molar-refractivity contribution < 1.29 is 32.9 Å². The summed E-state index contributed by atoms with van der Waals surface area (Å²) in [6.07, 6.45) is 31.6. The van der Waals surface area contributed by atoms with Crippen LogP contribution in [0.25, 0.3) is 0 Å². The average molecular weight is 626 g/mol. The third kappa shape index (κ3) is 28.7. The van der Waals surface area contributed by atoms with E-state index < -0.39 is 20.0 Å². The molecule has 8 nitrogen and oxygen atoms in total. The van der Waals surface area contributed by atoms with Gasteiger partial charge in [-0.1, -0.05) is 100 Å². The number of hydrogen-bond donors (Lipinski definition) is 3. The molecule has 43 heavy (non-hydrogen) atoms. The van der Waals surface area contributed by atoms with Crippen LogP contribution in [-0.2, 0) is 18.4 Å². The minimum Gasteiger partial charge on any atom is -0.391 e. The fraction of sp³-hybridized carbons (Fsp3) is 0.676. The maximum absolute atomic E-state index is 12.6. The van der Waals surface area contributed by atoms with Crippen LogP contribution in [0, 0.1) is 0 Å². The van der Waals surface area contributed by atoms with Crippen molar-refractivity contribution in [1.29, 1.82) is 0 Å². The molecule has 0 heterocycles. The molecule has 0 rings (SSSR count). The van der Waals surface area contributed by atoms with Crippen LogP contribution in [0.3, 0.4) is 0 Å². The van der Waals surface area contributed by atoms with Crippen molar-refractivity contribution in [2.45, 2.75) is 109 Å². The van der Waals surface area contributed by atoms with Gasteiger partial charge >= 0.3 is 7.82 Å². The molecule has 3 N–H and O–H groups in total. The Kier molecular flexibility index (Phi) is 25.5. The third-order valence-electron chi connectivity index (χ3n) is 6.53. The molecule has 0 aliphatic rings. The average Bonchev–Trinajstić information content (AvgIpc) is 2.94. The summed E-state index contributed by atoms with van der Waals surface area (Å²) < 4.78 is 23.2. The van der Waals surface area contributed by atoms with Crippen LogP contribution in [0.1, 0.15) is 97.3 Å². The van der Waals surface area contributed by atoms with E-state index in [1.165, 1.54) is 0 Å². The van der Waals surface area contributed by atoms with Crippen molar-refractivity contribution in [3.05, 3.63) is 60.8 Å². The van der Waals surface area contributed by atoms with Gasteiger partial charge in [-0.25, -0.2) is 4.57 Å². The van der Waals surface area contributed by atoms with Gasteiger partial charge in [-0.15, -0.1) is 0 Å². The number of unbranched alkanes of at least 4 members (excludes halogenated alkanes) is 4. The normalized spacial score (nSPS) is 15.8. The van der Waals surface area contributed by atoms with E-state index in [0.717, 1.165) is 64.2 Å². The smallest absolute Gasteiger partial charge is 0.391 e. The molecular formula is C34H62N2O6P+. The molecule has 0 fully saturated rings. The summed E-state index contributed by atoms with van der Waals surface area (Å²) >= 11 is 0. The van der Waals surface area contributed by atoms with E-state index in [1.807, 2.05) is 21.1 Å². The Morgan fingerprint density at radius 2 is 1.37 bits per heavy atom. The minimum absolute atomic E-state index is 0.0592. The molecule has 0 aromatic rings. The Labute approximate surface area is 262 Å². The molecule has 0 aromatic heterocycles. The third-order valence-corrected chi connectivity index (χ3v) is 7.51. The molecule has 0 aliphatic heterocycles. The number of nitrogens with one attached hydrogen (secondary N) is 1. The van der Waals surface area contributed by atoms with E-state index in [9.17, 15) is 19.4 Å². The molecular weight excluding hydrogens is 563 g/mol. The van der Waals surface area contributed by atoms with Crippen molar-refractivity contribution in [1.82, 2.24) is 5.32 Å². The summed E-state index contributed by atoms with van der Waals surface area (Å²) in [5, 5.41) is 13.5. The molecule has 3 atom stereocenters. The van der Waals surface area contributed by atoms with Gasteiger partial charge in [0.2, 0.25) is 5.91 Å². The fourth-order valence-electron chi connectivity index (χ4n) is 3.90. The highest BCUT2D eigenvalue weighted by atomic mass is 31.2. The van der Waals surface area contributed by atoms with Crippen LogP contribution in [0.2, 0.25) is 0 Å². The quantitative estimate of drug-likeness (QED) is 0.0377. The Morgan fingerprint density at radius 3 is 1.91 bits per heavy atom. The first-order valence-electron chi connectivity index (χ1n) is 16.2. The number of nitrogens with zero attached hydrogens (tertiary/aromatic N) is 1. The van der Waals surface area contributed by atoms with Crippen LogP contribution >= 0.6 is 7.82 Å². The standard InChI is InChI=1S/C34H61N2O6P/c1-6-8-10-12-13-14-15-16-17-18-19-20-21-22-23-24-26-28-34(38)35-32(33(37)27-25-11-9-7-2)31-42-43(39,40)41-30-29-36(3,4)5/h8,10,13-14,16-17,19-20,22-23,32-33,37H,6-7,9,11-12,15,18,21,24-31H2,1-5H3,(H-,35,38,39,40)/p+1/b10-8-,14-13-,17-16-,20-19-,23-22-. The molecule has 0 saturated heterocycles. The van der Waals surface area contributed by atoms with Crippen molar-refractivity contribution in [3.8, 4) is 0 Å². The van der Waals surface area contributed by atoms with E-state index in [-0.39, 0.29) is 19.1 Å². The molecule has 0 spiro atoms. The maximum atomic E-state index is 12.6. The van der Waals surface area contributed by atoms with Crippen molar-refractivity contribution in [3.63, 3.8) is 0 Å². The molecule has 1 amide bonds. The molecule has 0 saturated carbocycles. The molecule has 0 aromatic carbocycles. The number of hydrogen-bond acceptors (Lipinski definition) is 5. The number of phosphoric ester groups is 1. The number of rotatable bonds is 27. The van der Waals surface area contributed by atoms with Crippen LogP contribution in [0.5, 0.6) is 0 Å². The molecule has 9 heteroatoms. The Balaban J connectivity index is 4.46. The predicted molar refractivity (Wildman–Crippen MR) is 180 cm³/mol. The van der Waals surface area contributed by atoms with Crippen LogP contribution < -0.4 is 5.32 Å². The predicted octanol–water partition coefficient (Wildman–Crippen LogP) is 7.56. The first kappa shape index (κ1) is 41.2. The number of quaternary nitrogens is 1. The molecule has 3 unspecified atom stereocenters. The lowest BCUT2D eigenvalue weighted by molar-refractivity contribution is -0.870. The van der Waals surface area contributed by atoms with Gasteiger partial charge in [-0.2, -0.15) is 0 Å². The number of aliphatic hydroxyl groups excluding tert-OH is 1. The number of likely N-dealkylation sites (N-methyl/N-ethyl adjacent to an activating group) is 1. The van der Waals surface area contributed by atoms with Gasteiger partial charge in [0.1, 0.15) is 13.2 Å². The van der Waals surface area contributed by atoms with Crippen LogP contribution in [0.15, 0.2) is 60.8 Å². The first-order chi connectivity index (χ1) is 20.5. The van der Waals surface area contributed by atoms with E-state index in [4.69, 9.17) is 9.05 Å². The highest BCUT2D eigenvalue weighted by Gasteiger charge is 2.28. The lowest BCUT2D eigenvalue weighted by Crippen LogP contribution is -2.46. The van der Waals surface area contributed by atoms with E-state index in [1.54, 1.807) is 0 Å². The monoisotopic (exact) mass is 625 g/mol. The van der Waals surface area contributed by atoms with Gasteiger partial charge < -0.3 is 19.8 Å². The first-order valence-corrected chi connectivity index (χ1v) is 17.6. The fourth-order valence-corrected chi connectivity index (χ4v) is 4.64. The Hall–Kier alpha value is -1.80. The van der Waals surface area contributed by atoms with Crippen LogP contribution in [0.4, 0.5) is 0 Å². The summed E-state index contributed by atoms with van der Waals surface area (Å²) in [7, 11) is 1.56. The lowest BCUT2D eigenvalue weighted by atomic mass is 10.0. The largest absolute Gasteiger partial charge is 0.472 e. The van der Waals surface area contributed by atoms with Crippen molar-refractivity contribution in [2.75, 3.05) is 40.9 Å². The van der Waals surface area contributed by atoms with E-state index in [0.29, 0.717) is 30.3 Å². The minimum atomic E-state index is -4.30. The Morgan fingerprint density at radius 1 is 0.814 bits per heavy atom. The van der Waals surface area contributed by atoms with Gasteiger partial charge in [0, 0.05) is 6.42 Å². The molecule has 0 radical (unpaired) electrons. The highest BCUT2D eigenvalue weighted by molar-refractivity contribution is 7.47. The van der Waals surface area contributed by atoms with E-state index in [2.05, 4.69) is 79.9 Å². The second-order valence-corrected chi connectivity index (χ2v) is 13.3. The summed E-state index contributed by atoms with van der Waals surface area (Å²) in [6.45, 7) is 4.55. The van der Waals surface area contributed by atoms with Gasteiger partial charge in [-0.3, -0.25) is 13.8 Å². The lowest BCUT2D eigenvalue weighted by Gasteiger charge is -2.26. The van der Waals surface area contributed by atoms with Crippen LogP contribution in [-0.4, -0.2) is 73.4 Å². The summed E-state index contributed by atoms with van der Waals surface area (Å²) in [4.78, 5) is 22.7. The maximum Gasteiger partial charge on any atom is 0.472 e. The molecule has 0 aliphatic carbocycles. The Bertz CT molecular complexity index is 892. The topological polar surface area (TPSA) is 105 Å². The number of carbonyl (C=O) groups is 1. The van der Waals surface area contributed by atoms with Gasteiger partial charge in [-0.05, 0) is 51.4 Å². The zero-order valence-electron chi connectivity index (χ0n) is 27.7. The van der Waals surface area contributed by atoms with Crippen molar-refractivity contribution >= 4 is 13.7 Å². The second-order valence-electron chi connectivity index (χ2n) is 11.8. The highest BCUT2D eigenvalue weighted by Crippen LogP contribution is 2.43. The van der Waals surface area contributed by atoms with E-state index >= 15 is 0 Å². The molecule has 0 bridgehead atoms. The molecule has 248 valence electrons. The van der Waals surface area contributed by atoms with Crippen molar-refractivity contribution in [2.24, 2.45) is 0 Å². The number of amides is 1. The zero-order chi connectivity index (χ0) is 32.2. The number of carbonyl (C=O) groups excluding carboxylic acids is 1. The number of allylic oxidation sites excluding steroid dienone is 10. The summed E-state index contributed by atoms with van der Waals surface area (Å²) in [6, 6.07) is -0.787. The van der Waals surface area contributed by atoms with Gasteiger partial charge in [0.05, 0.1) is 39.9 Å². The van der Waals surface area contributed by atoms with Gasteiger partial charge in [0.25, 0.3) is 0 Å². The zero-order valence-corrected chi connectivity index (χ0v) is 28.6. The number of aliphatic hydroxyl groups is 1. The summed E-state index contributed by atoms with van der Waals surface area (Å²) in [5.41, 5.74) is 0. The SMILES string of the molecule is CC/C=C\C/C=C\C/C=C\C/C=C\C/C=C\CCCC(=O)NC(COP(=O)(O)OCC[N+](C)(C)C)C(O)CCCCCC. The summed E-state index contributed by atoms with van der Waals surface area (Å²) in [5.74, 6) is -0.215. The van der Waals surface area contributed by atoms with Gasteiger partial charge in [0.15, 0.2) is 0 Å².